The van der Waals surface area contributed by atoms with Crippen molar-refractivity contribution in [2.24, 2.45) is 0 Å². The molecule has 3 rings (SSSR count). The smallest absolute Gasteiger partial charge is 0.308 e. The van der Waals surface area contributed by atoms with Crippen molar-refractivity contribution in [1.29, 1.82) is 0 Å². The standard InChI is InChI=1S/C25H23NO6/c1-17(27)31-22-13-11-20(32-19-7-5-4-6-8-19)16-21(22)26-25(28)14-10-18-9-12-23(29-2)24(15-18)30-3/h4-16H,1-3H3,(H,26,28)/b14-10+. The summed E-state index contributed by atoms with van der Waals surface area (Å²) in [5.74, 6) is 1.56. The number of amides is 1. The minimum atomic E-state index is -0.502. The first kappa shape index (κ1) is 22.4. The van der Waals surface area contributed by atoms with Crippen molar-refractivity contribution in [3.05, 3.63) is 78.4 Å². The molecule has 0 aliphatic heterocycles. The molecule has 7 nitrogen and oxygen atoms in total. The molecule has 0 aliphatic rings. The zero-order valence-electron chi connectivity index (χ0n) is 18.0. The molecule has 0 fully saturated rings. The third-order valence-corrected chi connectivity index (χ3v) is 4.28. The van der Waals surface area contributed by atoms with Crippen molar-refractivity contribution in [1.82, 2.24) is 0 Å². The molecular formula is C25H23NO6. The molecule has 0 aromatic heterocycles. The Labute approximate surface area is 186 Å². The van der Waals surface area contributed by atoms with E-state index in [0.717, 1.165) is 5.56 Å². The molecule has 0 radical (unpaired) electrons. The lowest BCUT2D eigenvalue weighted by Gasteiger charge is -2.12. The predicted molar refractivity (Wildman–Crippen MR) is 121 cm³/mol. The summed E-state index contributed by atoms with van der Waals surface area (Å²) in [5, 5.41) is 2.72. The maximum Gasteiger partial charge on any atom is 0.308 e. The molecule has 0 unspecified atom stereocenters. The molecule has 3 aromatic carbocycles. The third-order valence-electron chi connectivity index (χ3n) is 4.28. The van der Waals surface area contributed by atoms with Gasteiger partial charge in [-0.15, -0.1) is 0 Å². The first-order chi connectivity index (χ1) is 15.5. The van der Waals surface area contributed by atoms with E-state index in [1.54, 1.807) is 56.7 Å². The highest BCUT2D eigenvalue weighted by Gasteiger charge is 2.11. The van der Waals surface area contributed by atoms with Crippen molar-refractivity contribution in [2.75, 3.05) is 19.5 Å². The summed E-state index contributed by atoms with van der Waals surface area (Å²) in [7, 11) is 3.09. The molecular weight excluding hydrogens is 410 g/mol. The molecule has 0 saturated heterocycles. The fourth-order valence-electron chi connectivity index (χ4n) is 2.84. The highest BCUT2D eigenvalue weighted by Crippen LogP contribution is 2.32. The zero-order chi connectivity index (χ0) is 22.9. The third kappa shape index (κ3) is 6.12. The van der Waals surface area contributed by atoms with E-state index in [9.17, 15) is 9.59 Å². The molecule has 164 valence electrons. The van der Waals surface area contributed by atoms with Crippen molar-refractivity contribution < 1.29 is 28.5 Å². The molecule has 7 heteroatoms. The van der Waals surface area contributed by atoms with Gasteiger partial charge in [0, 0.05) is 19.1 Å². The fourth-order valence-corrected chi connectivity index (χ4v) is 2.84. The number of ether oxygens (including phenoxy) is 4. The number of methoxy groups -OCH3 is 2. The Morgan fingerprint density at radius 2 is 1.53 bits per heavy atom. The number of anilines is 1. The lowest BCUT2D eigenvalue weighted by atomic mass is 10.2. The van der Waals surface area contributed by atoms with Crippen molar-refractivity contribution in [3.63, 3.8) is 0 Å². The topological polar surface area (TPSA) is 83.1 Å². The van der Waals surface area contributed by atoms with Crippen LogP contribution in [0.4, 0.5) is 5.69 Å². The number of carbonyl (C=O) groups is 2. The molecule has 0 bridgehead atoms. The number of carbonyl (C=O) groups excluding carboxylic acids is 2. The maximum absolute atomic E-state index is 12.5. The van der Waals surface area contributed by atoms with Gasteiger partial charge in [0.05, 0.1) is 19.9 Å². The van der Waals surface area contributed by atoms with Gasteiger partial charge in [0.15, 0.2) is 17.2 Å². The van der Waals surface area contributed by atoms with Crippen molar-refractivity contribution in [3.8, 4) is 28.7 Å². The Balaban J connectivity index is 1.79. The van der Waals surface area contributed by atoms with E-state index in [1.165, 1.54) is 13.0 Å². The number of esters is 1. The largest absolute Gasteiger partial charge is 0.493 e. The monoisotopic (exact) mass is 433 g/mol. The highest BCUT2D eigenvalue weighted by molar-refractivity contribution is 6.03. The van der Waals surface area contributed by atoms with E-state index in [1.807, 2.05) is 30.3 Å². The van der Waals surface area contributed by atoms with Gasteiger partial charge in [-0.2, -0.15) is 0 Å². The van der Waals surface area contributed by atoms with Crippen LogP contribution in [0.15, 0.2) is 72.8 Å². The van der Waals surface area contributed by atoms with Gasteiger partial charge < -0.3 is 24.3 Å². The van der Waals surface area contributed by atoms with Crippen LogP contribution < -0.4 is 24.3 Å². The summed E-state index contributed by atoms with van der Waals surface area (Å²) in [6.45, 7) is 1.29. The van der Waals surface area contributed by atoms with E-state index in [4.69, 9.17) is 18.9 Å². The van der Waals surface area contributed by atoms with Crippen LogP contribution in [0.2, 0.25) is 0 Å². The normalized spacial score (nSPS) is 10.5. The van der Waals surface area contributed by atoms with Crippen LogP contribution in [0, 0.1) is 0 Å². The zero-order valence-corrected chi connectivity index (χ0v) is 18.0. The number of hydrogen-bond acceptors (Lipinski definition) is 6. The van der Waals surface area contributed by atoms with Gasteiger partial charge in [-0.05, 0) is 48.0 Å². The average molecular weight is 433 g/mol. The van der Waals surface area contributed by atoms with Crippen LogP contribution >= 0.6 is 0 Å². The molecule has 0 spiro atoms. The summed E-state index contributed by atoms with van der Waals surface area (Å²) in [6.07, 6.45) is 3.00. The molecule has 0 heterocycles. The summed E-state index contributed by atoms with van der Waals surface area (Å²) >= 11 is 0. The van der Waals surface area contributed by atoms with Gasteiger partial charge in [-0.3, -0.25) is 9.59 Å². The second-order valence-electron chi connectivity index (χ2n) is 6.60. The predicted octanol–water partition coefficient (Wildman–Crippen LogP) is 5.07. The Kier molecular flexibility index (Phi) is 7.48. The van der Waals surface area contributed by atoms with Crippen molar-refractivity contribution >= 4 is 23.6 Å². The number of hydrogen-bond donors (Lipinski definition) is 1. The minimum absolute atomic E-state index is 0.214. The summed E-state index contributed by atoms with van der Waals surface area (Å²) < 4.78 is 21.5. The Hall–Kier alpha value is -4.26. The summed E-state index contributed by atoms with van der Waals surface area (Å²) in [4.78, 5) is 24.0. The number of para-hydroxylation sites is 1. The molecule has 1 N–H and O–H groups in total. The van der Waals surface area contributed by atoms with E-state index < -0.39 is 11.9 Å². The van der Waals surface area contributed by atoms with Crippen LogP contribution in [-0.2, 0) is 9.59 Å². The molecule has 3 aromatic rings. The van der Waals surface area contributed by atoms with Crippen LogP contribution in [0.25, 0.3) is 6.08 Å². The van der Waals surface area contributed by atoms with Gasteiger partial charge in [0.1, 0.15) is 11.5 Å². The van der Waals surface area contributed by atoms with Crippen LogP contribution in [-0.4, -0.2) is 26.1 Å². The number of rotatable bonds is 8. The Morgan fingerprint density at radius 3 is 2.22 bits per heavy atom. The van der Waals surface area contributed by atoms with E-state index in [-0.39, 0.29) is 5.75 Å². The van der Waals surface area contributed by atoms with E-state index in [2.05, 4.69) is 5.32 Å². The Bertz CT molecular complexity index is 1120. The quantitative estimate of drug-likeness (QED) is 0.303. The summed E-state index contributed by atoms with van der Waals surface area (Å²) in [5.41, 5.74) is 1.05. The maximum atomic E-state index is 12.5. The van der Waals surface area contributed by atoms with Gasteiger partial charge in [-0.1, -0.05) is 24.3 Å². The Morgan fingerprint density at radius 1 is 0.812 bits per heavy atom. The second-order valence-corrected chi connectivity index (χ2v) is 6.60. The first-order valence-electron chi connectivity index (χ1n) is 9.75. The van der Waals surface area contributed by atoms with Gasteiger partial charge >= 0.3 is 5.97 Å². The van der Waals surface area contributed by atoms with E-state index in [0.29, 0.717) is 28.7 Å². The van der Waals surface area contributed by atoms with Crippen LogP contribution in [0.5, 0.6) is 28.7 Å². The fraction of sp³-hybridized carbons (Fsp3) is 0.120. The molecule has 0 saturated carbocycles. The van der Waals surface area contributed by atoms with Crippen molar-refractivity contribution in [2.45, 2.75) is 6.92 Å². The van der Waals surface area contributed by atoms with Gasteiger partial charge in [0.2, 0.25) is 5.91 Å². The lowest BCUT2D eigenvalue weighted by Crippen LogP contribution is -2.11. The van der Waals surface area contributed by atoms with E-state index >= 15 is 0 Å². The lowest BCUT2D eigenvalue weighted by molar-refractivity contribution is -0.131. The van der Waals surface area contributed by atoms with Gasteiger partial charge in [0.25, 0.3) is 0 Å². The summed E-state index contributed by atoms with van der Waals surface area (Å²) in [6, 6.07) is 19.3. The molecule has 0 aliphatic carbocycles. The minimum Gasteiger partial charge on any atom is -0.493 e. The first-order valence-corrected chi connectivity index (χ1v) is 9.75. The molecule has 1 amide bonds. The van der Waals surface area contributed by atoms with Gasteiger partial charge in [-0.25, -0.2) is 0 Å². The van der Waals surface area contributed by atoms with Crippen LogP contribution in [0.1, 0.15) is 12.5 Å². The number of nitrogens with one attached hydrogen (secondary N) is 1. The average Bonchev–Trinajstić information content (AvgIpc) is 2.79. The SMILES string of the molecule is COc1ccc(/C=C/C(=O)Nc2cc(Oc3ccccc3)ccc2OC(C)=O)cc1OC. The molecule has 0 atom stereocenters. The second kappa shape index (κ2) is 10.7. The highest BCUT2D eigenvalue weighted by atomic mass is 16.5. The number of benzene rings is 3. The molecule has 32 heavy (non-hydrogen) atoms. The van der Waals surface area contributed by atoms with Crippen LogP contribution in [0.3, 0.4) is 0 Å².